The van der Waals surface area contributed by atoms with E-state index >= 15 is 0 Å². The molecule has 0 atom stereocenters. The minimum absolute atomic E-state index is 0.255. The van der Waals surface area contributed by atoms with Gasteiger partial charge in [0.25, 0.3) is 5.91 Å². The molecule has 0 radical (unpaired) electrons. The average Bonchev–Trinajstić information content (AvgIpc) is 3.28. The standard InChI is InChI=1S/C15H15N5O/c16-7-9-1-3-10(4-2-9)8-18-15(21)14-12(17)13(19-20-14)11-5-6-11/h1-4,11H,5-6,8,17H2,(H,18,21)(H,19,20). The van der Waals surface area contributed by atoms with Crippen LogP contribution in [0.4, 0.5) is 5.69 Å². The lowest BCUT2D eigenvalue weighted by molar-refractivity contribution is 0.0947. The molecule has 1 aliphatic rings. The molecule has 6 heteroatoms. The third-order valence-corrected chi connectivity index (χ3v) is 3.57. The van der Waals surface area contributed by atoms with E-state index in [1.165, 1.54) is 0 Å². The van der Waals surface area contributed by atoms with Crippen molar-refractivity contribution in [3.05, 3.63) is 46.8 Å². The molecule has 2 aromatic rings. The van der Waals surface area contributed by atoms with Crippen molar-refractivity contribution in [3.8, 4) is 6.07 Å². The molecule has 4 N–H and O–H groups in total. The van der Waals surface area contributed by atoms with Crippen molar-refractivity contribution in [2.75, 3.05) is 5.73 Å². The maximum atomic E-state index is 12.1. The highest BCUT2D eigenvalue weighted by Gasteiger charge is 2.30. The number of aromatic nitrogens is 2. The van der Waals surface area contributed by atoms with Gasteiger partial charge in [-0.15, -0.1) is 0 Å². The summed E-state index contributed by atoms with van der Waals surface area (Å²) < 4.78 is 0. The summed E-state index contributed by atoms with van der Waals surface area (Å²) in [6.07, 6.45) is 2.19. The number of nitrogen functional groups attached to an aromatic ring is 1. The van der Waals surface area contributed by atoms with Crippen LogP contribution < -0.4 is 11.1 Å². The first-order valence-corrected chi connectivity index (χ1v) is 6.80. The number of nitrogens with zero attached hydrogens (tertiary/aromatic N) is 2. The zero-order chi connectivity index (χ0) is 14.8. The Kier molecular flexibility index (Phi) is 3.32. The number of anilines is 1. The molecule has 1 fully saturated rings. The van der Waals surface area contributed by atoms with E-state index in [4.69, 9.17) is 11.0 Å². The van der Waals surface area contributed by atoms with Crippen molar-refractivity contribution in [1.82, 2.24) is 15.5 Å². The Labute approximate surface area is 122 Å². The van der Waals surface area contributed by atoms with E-state index in [-0.39, 0.29) is 11.6 Å². The number of H-pyrrole nitrogens is 1. The second kappa shape index (κ2) is 5.29. The van der Waals surface area contributed by atoms with Gasteiger partial charge in [-0.25, -0.2) is 0 Å². The lowest BCUT2D eigenvalue weighted by Crippen LogP contribution is -2.24. The highest BCUT2D eigenvalue weighted by atomic mass is 16.1. The fraction of sp³-hybridized carbons (Fsp3) is 0.267. The van der Waals surface area contributed by atoms with E-state index in [1.807, 2.05) is 12.1 Å². The summed E-state index contributed by atoms with van der Waals surface area (Å²) in [5.74, 6) is 0.137. The molecule has 3 rings (SSSR count). The van der Waals surface area contributed by atoms with Gasteiger partial charge in [0, 0.05) is 12.5 Å². The van der Waals surface area contributed by atoms with Crippen LogP contribution in [-0.2, 0) is 6.54 Å². The van der Waals surface area contributed by atoms with E-state index in [0.29, 0.717) is 23.7 Å². The number of amides is 1. The first kappa shape index (κ1) is 13.2. The molecule has 0 aliphatic heterocycles. The smallest absolute Gasteiger partial charge is 0.274 e. The van der Waals surface area contributed by atoms with Crippen molar-refractivity contribution >= 4 is 11.6 Å². The zero-order valence-corrected chi connectivity index (χ0v) is 11.4. The highest BCUT2D eigenvalue weighted by Crippen LogP contribution is 2.42. The number of aromatic amines is 1. The third kappa shape index (κ3) is 2.72. The molecule has 1 aliphatic carbocycles. The van der Waals surface area contributed by atoms with Crippen molar-refractivity contribution in [3.63, 3.8) is 0 Å². The topological polar surface area (TPSA) is 108 Å². The molecule has 1 saturated carbocycles. The Balaban J connectivity index is 1.64. The summed E-state index contributed by atoms with van der Waals surface area (Å²) in [5.41, 5.74) is 9.05. The largest absolute Gasteiger partial charge is 0.395 e. The highest BCUT2D eigenvalue weighted by molar-refractivity contribution is 5.97. The predicted octanol–water partition coefficient (Wildman–Crippen LogP) is 1.67. The number of rotatable bonds is 4. The molecule has 1 amide bonds. The lowest BCUT2D eigenvalue weighted by Gasteiger charge is -2.04. The van der Waals surface area contributed by atoms with E-state index in [2.05, 4.69) is 21.6 Å². The van der Waals surface area contributed by atoms with Gasteiger partial charge in [0.05, 0.1) is 23.0 Å². The van der Waals surface area contributed by atoms with Crippen LogP contribution in [0, 0.1) is 11.3 Å². The second-order valence-corrected chi connectivity index (χ2v) is 5.17. The number of nitrogens with one attached hydrogen (secondary N) is 2. The number of nitrogens with two attached hydrogens (primary N) is 1. The number of carbonyl (C=O) groups excluding carboxylic acids is 1. The van der Waals surface area contributed by atoms with Crippen molar-refractivity contribution < 1.29 is 4.79 Å². The molecule has 0 saturated heterocycles. The van der Waals surface area contributed by atoms with E-state index in [1.54, 1.807) is 12.1 Å². The summed E-state index contributed by atoms with van der Waals surface area (Å²) in [5, 5.41) is 18.4. The van der Waals surface area contributed by atoms with E-state index in [9.17, 15) is 4.79 Å². The number of hydrogen-bond acceptors (Lipinski definition) is 4. The molecular weight excluding hydrogens is 266 g/mol. The molecule has 6 nitrogen and oxygen atoms in total. The van der Waals surface area contributed by atoms with Gasteiger partial charge in [-0.3, -0.25) is 9.89 Å². The summed E-state index contributed by atoms with van der Waals surface area (Å²) >= 11 is 0. The minimum atomic E-state index is -0.292. The Morgan fingerprint density at radius 3 is 2.76 bits per heavy atom. The fourth-order valence-corrected chi connectivity index (χ4v) is 2.18. The number of nitriles is 1. The third-order valence-electron chi connectivity index (χ3n) is 3.57. The second-order valence-electron chi connectivity index (χ2n) is 5.17. The Morgan fingerprint density at radius 1 is 1.43 bits per heavy atom. The maximum absolute atomic E-state index is 12.1. The van der Waals surface area contributed by atoms with E-state index < -0.39 is 0 Å². The summed E-state index contributed by atoms with van der Waals surface area (Å²) in [4.78, 5) is 12.1. The Bertz CT molecular complexity index is 707. The molecule has 1 aromatic carbocycles. The van der Waals surface area contributed by atoms with Crippen LogP contribution in [0.15, 0.2) is 24.3 Å². The van der Waals surface area contributed by atoms with Crippen LogP contribution in [0.5, 0.6) is 0 Å². The fourth-order valence-electron chi connectivity index (χ4n) is 2.18. The van der Waals surface area contributed by atoms with Gasteiger partial charge in [-0.1, -0.05) is 12.1 Å². The van der Waals surface area contributed by atoms with Crippen LogP contribution in [0.25, 0.3) is 0 Å². The minimum Gasteiger partial charge on any atom is -0.395 e. The van der Waals surface area contributed by atoms with Gasteiger partial charge >= 0.3 is 0 Å². The molecule has 0 unspecified atom stereocenters. The molecule has 0 spiro atoms. The summed E-state index contributed by atoms with van der Waals surface area (Å²) in [6, 6.07) is 9.11. The molecule has 106 valence electrons. The number of carbonyl (C=O) groups is 1. The van der Waals surface area contributed by atoms with Gasteiger partial charge in [-0.2, -0.15) is 10.4 Å². The molecule has 1 aromatic heterocycles. The summed E-state index contributed by atoms with van der Waals surface area (Å²) in [6.45, 7) is 0.371. The van der Waals surface area contributed by atoms with Crippen LogP contribution >= 0.6 is 0 Å². The van der Waals surface area contributed by atoms with Gasteiger partial charge in [-0.05, 0) is 30.5 Å². The van der Waals surface area contributed by atoms with Gasteiger partial charge in [0.15, 0.2) is 5.69 Å². The lowest BCUT2D eigenvalue weighted by atomic mass is 10.1. The molecule has 0 bridgehead atoms. The predicted molar refractivity (Wildman–Crippen MR) is 77.3 cm³/mol. The number of hydrogen-bond donors (Lipinski definition) is 3. The summed E-state index contributed by atoms with van der Waals surface area (Å²) in [7, 11) is 0. The van der Waals surface area contributed by atoms with Crippen LogP contribution in [0.1, 0.15) is 46.1 Å². The Hall–Kier alpha value is -2.81. The van der Waals surface area contributed by atoms with Crippen molar-refractivity contribution in [2.24, 2.45) is 0 Å². The quantitative estimate of drug-likeness (QED) is 0.792. The van der Waals surface area contributed by atoms with Crippen molar-refractivity contribution in [2.45, 2.75) is 25.3 Å². The van der Waals surface area contributed by atoms with Crippen molar-refractivity contribution in [1.29, 1.82) is 5.26 Å². The van der Waals surface area contributed by atoms with Gasteiger partial charge in [0.1, 0.15) is 0 Å². The first-order valence-electron chi connectivity index (χ1n) is 6.80. The van der Waals surface area contributed by atoms with E-state index in [0.717, 1.165) is 24.1 Å². The molecule has 1 heterocycles. The zero-order valence-electron chi connectivity index (χ0n) is 11.4. The molecular formula is C15H15N5O. The van der Waals surface area contributed by atoms with Crippen LogP contribution in [0.3, 0.4) is 0 Å². The Morgan fingerprint density at radius 2 is 2.14 bits per heavy atom. The maximum Gasteiger partial charge on any atom is 0.274 e. The monoisotopic (exact) mass is 281 g/mol. The van der Waals surface area contributed by atoms with Crippen LogP contribution in [0.2, 0.25) is 0 Å². The van der Waals surface area contributed by atoms with Gasteiger partial charge < -0.3 is 11.1 Å². The SMILES string of the molecule is N#Cc1ccc(CNC(=O)c2n[nH]c(C3CC3)c2N)cc1. The number of benzene rings is 1. The van der Waals surface area contributed by atoms with Gasteiger partial charge in [0.2, 0.25) is 0 Å². The molecule has 21 heavy (non-hydrogen) atoms. The average molecular weight is 281 g/mol. The first-order chi connectivity index (χ1) is 10.2. The normalized spacial score (nSPS) is 13.7. The van der Waals surface area contributed by atoms with Crippen LogP contribution in [-0.4, -0.2) is 16.1 Å².